The van der Waals surface area contributed by atoms with E-state index in [1.54, 1.807) is 0 Å². The van der Waals surface area contributed by atoms with E-state index in [1.807, 2.05) is 0 Å². The zero-order chi connectivity index (χ0) is 25.1. The average Bonchev–Trinajstić information content (AvgIpc) is 3.00. The molecule has 0 aliphatic heterocycles. The molecular formula is C38H24. The van der Waals surface area contributed by atoms with Crippen LogP contribution in [0.15, 0.2) is 146 Å². The molecule has 0 radical (unpaired) electrons. The highest BCUT2D eigenvalue weighted by molar-refractivity contribution is 6.34. The van der Waals surface area contributed by atoms with Crippen molar-refractivity contribution in [1.82, 2.24) is 0 Å². The lowest BCUT2D eigenvalue weighted by Gasteiger charge is -2.17. The summed E-state index contributed by atoms with van der Waals surface area (Å²) in [5, 5.41) is 13.0. The maximum Gasteiger partial charge on any atom is -0.00197 e. The predicted octanol–water partition coefficient (Wildman–Crippen LogP) is 10.8. The highest BCUT2D eigenvalue weighted by Crippen LogP contribution is 2.44. The minimum atomic E-state index is 1.24. The van der Waals surface area contributed by atoms with Gasteiger partial charge in [0, 0.05) is 0 Å². The zero-order valence-corrected chi connectivity index (χ0v) is 20.9. The molecule has 0 amide bonds. The Kier molecular flexibility index (Phi) is 4.62. The van der Waals surface area contributed by atoms with E-state index in [0.29, 0.717) is 0 Å². The molecule has 0 aliphatic carbocycles. The van der Waals surface area contributed by atoms with Crippen LogP contribution in [0.1, 0.15) is 0 Å². The molecule has 0 aliphatic rings. The molecule has 0 nitrogen and oxygen atoms in total. The second kappa shape index (κ2) is 8.30. The van der Waals surface area contributed by atoms with Gasteiger partial charge < -0.3 is 0 Å². The van der Waals surface area contributed by atoms with Crippen LogP contribution in [0.2, 0.25) is 0 Å². The first kappa shape index (κ1) is 21.2. The SMILES string of the molecule is c1ccc(-c2cccc(-c3cc4c5ccccc5c5cc6ccccc6cc5c4c4ccccc34)c2)cc1. The molecule has 0 saturated carbocycles. The van der Waals surface area contributed by atoms with Crippen molar-refractivity contribution in [3.05, 3.63) is 146 Å². The van der Waals surface area contributed by atoms with Gasteiger partial charge in [-0.25, -0.2) is 0 Å². The van der Waals surface area contributed by atoms with Crippen LogP contribution in [-0.2, 0) is 0 Å². The topological polar surface area (TPSA) is 0 Å². The highest BCUT2D eigenvalue weighted by Gasteiger charge is 2.16. The van der Waals surface area contributed by atoms with Gasteiger partial charge >= 0.3 is 0 Å². The van der Waals surface area contributed by atoms with Gasteiger partial charge in [-0.1, -0.05) is 121 Å². The third-order valence-corrected chi connectivity index (χ3v) is 7.99. The smallest absolute Gasteiger partial charge is 0.00197 e. The normalized spacial score (nSPS) is 11.7. The van der Waals surface area contributed by atoms with Crippen LogP contribution in [-0.4, -0.2) is 0 Å². The average molecular weight is 481 g/mol. The van der Waals surface area contributed by atoms with Gasteiger partial charge in [-0.05, 0) is 100 Å². The van der Waals surface area contributed by atoms with E-state index in [9.17, 15) is 0 Å². The first-order valence-corrected chi connectivity index (χ1v) is 13.2. The van der Waals surface area contributed by atoms with E-state index in [2.05, 4.69) is 146 Å². The van der Waals surface area contributed by atoms with Crippen LogP contribution in [0.25, 0.3) is 76.1 Å². The summed E-state index contributed by atoms with van der Waals surface area (Å²) in [7, 11) is 0. The number of fused-ring (bicyclic) bond motifs is 9. The summed E-state index contributed by atoms with van der Waals surface area (Å²) < 4.78 is 0. The van der Waals surface area contributed by atoms with E-state index in [-0.39, 0.29) is 0 Å². The van der Waals surface area contributed by atoms with Crippen LogP contribution >= 0.6 is 0 Å². The minimum Gasteiger partial charge on any atom is -0.0622 e. The second-order valence-electron chi connectivity index (χ2n) is 10.1. The molecular weight excluding hydrogens is 456 g/mol. The third-order valence-electron chi connectivity index (χ3n) is 7.99. The molecule has 176 valence electrons. The molecule has 0 fully saturated rings. The van der Waals surface area contributed by atoms with E-state index in [1.165, 1.54) is 76.1 Å². The fourth-order valence-electron chi connectivity index (χ4n) is 6.24. The summed E-state index contributed by atoms with van der Waals surface area (Å²) in [5.74, 6) is 0. The summed E-state index contributed by atoms with van der Waals surface area (Å²) in [6.07, 6.45) is 0. The molecule has 38 heavy (non-hydrogen) atoms. The molecule has 0 saturated heterocycles. The van der Waals surface area contributed by atoms with Gasteiger partial charge in [-0.2, -0.15) is 0 Å². The van der Waals surface area contributed by atoms with Gasteiger partial charge in [0.15, 0.2) is 0 Å². The van der Waals surface area contributed by atoms with Crippen LogP contribution in [0.4, 0.5) is 0 Å². The molecule has 0 N–H and O–H groups in total. The zero-order valence-electron chi connectivity index (χ0n) is 20.9. The van der Waals surface area contributed by atoms with E-state index >= 15 is 0 Å². The Bertz CT molecular complexity index is 2170. The maximum absolute atomic E-state index is 2.43. The van der Waals surface area contributed by atoms with Crippen molar-refractivity contribution in [1.29, 1.82) is 0 Å². The van der Waals surface area contributed by atoms with Crippen molar-refractivity contribution in [3.63, 3.8) is 0 Å². The molecule has 0 spiro atoms. The van der Waals surface area contributed by atoms with Crippen molar-refractivity contribution >= 4 is 53.9 Å². The lowest BCUT2D eigenvalue weighted by Crippen LogP contribution is -1.89. The largest absolute Gasteiger partial charge is 0.0622 e. The first-order valence-electron chi connectivity index (χ1n) is 13.2. The van der Waals surface area contributed by atoms with Crippen molar-refractivity contribution in [2.75, 3.05) is 0 Å². The standard InChI is InChI=1S/C38H24/c1-2-11-25(12-3-1)26-15-10-16-29(21-26)34-24-37-31-18-7-6-17-30(31)35-22-27-13-4-5-14-28(27)23-36(35)38(37)33-20-9-8-19-32(33)34/h1-24H. The molecule has 0 bridgehead atoms. The Morgan fingerprint density at radius 2 is 0.789 bits per heavy atom. The number of rotatable bonds is 2. The first-order chi connectivity index (χ1) is 18.8. The highest BCUT2D eigenvalue weighted by atomic mass is 14.2. The summed E-state index contributed by atoms with van der Waals surface area (Å²) in [5.41, 5.74) is 4.99. The predicted molar refractivity (Wildman–Crippen MR) is 165 cm³/mol. The summed E-state index contributed by atoms with van der Waals surface area (Å²) >= 11 is 0. The fraction of sp³-hybridized carbons (Fsp3) is 0. The van der Waals surface area contributed by atoms with Gasteiger partial charge in [0.2, 0.25) is 0 Å². The molecule has 0 unspecified atom stereocenters. The van der Waals surface area contributed by atoms with E-state index < -0.39 is 0 Å². The summed E-state index contributed by atoms with van der Waals surface area (Å²) in [4.78, 5) is 0. The van der Waals surface area contributed by atoms with Crippen LogP contribution in [0, 0.1) is 0 Å². The Hall–Kier alpha value is -4.94. The lowest BCUT2D eigenvalue weighted by atomic mass is 9.86. The van der Waals surface area contributed by atoms with Crippen LogP contribution in [0.5, 0.6) is 0 Å². The van der Waals surface area contributed by atoms with E-state index in [0.717, 1.165) is 0 Å². The van der Waals surface area contributed by atoms with Crippen molar-refractivity contribution in [3.8, 4) is 22.3 Å². The Balaban J connectivity index is 1.54. The van der Waals surface area contributed by atoms with E-state index in [4.69, 9.17) is 0 Å². The van der Waals surface area contributed by atoms with Gasteiger partial charge in [-0.15, -0.1) is 0 Å². The fourth-order valence-corrected chi connectivity index (χ4v) is 6.24. The molecule has 8 aromatic rings. The van der Waals surface area contributed by atoms with Gasteiger partial charge in [-0.3, -0.25) is 0 Å². The Morgan fingerprint density at radius 1 is 0.263 bits per heavy atom. The Morgan fingerprint density at radius 3 is 1.55 bits per heavy atom. The molecule has 0 aromatic heterocycles. The second-order valence-corrected chi connectivity index (χ2v) is 10.1. The molecule has 0 heteroatoms. The lowest BCUT2D eigenvalue weighted by molar-refractivity contribution is 1.61. The molecule has 0 atom stereocenters. The molecule has 8 aromatic carbocycles. The third kappa shape index (κ3) is 3.17. The van der Waals surface area contributed by atoms with Gasteiger partial charge in [0.25, 0.3) is 0 Å². The minimum absolute atomic E-state index is 1.24. The number of benzene rings is 8. The van der Waals surface area contributed by atoms with Crippen molar-refractivity contribution in [2.24, 2.45) is 0 Å². The molecule has 8 rings (SSSR count). The van der Waals surface area contributed by atoms with Gasteiger partial charge in [0.05, 0.1) is 0 Å². The van der Waals surface area contributed by atoms with Crippen LogP contribution in [0.3, 0.4) is 0 Å². The van der Waals surface area contributed by atoms with Crippen molar-refractivity contribution in [2.45, 2.75) is 0 Å². The number of hydrogen-bond acceptors (Lipinski definition) is 0. The van der Waals surface area contributed by atoms with Crippen LogP contribution < -0.4 is 0 Å². The quantitative estimate of drug-likeness (QED) is 0.170. The van der Waals surface area contributed by atoms with Gasteiger partial charge in [0.1, 0.15) is 0 Å². The molecule has 0 heterocycles. The number of hydrogen-bond donors (Lipinski definition) is 0. The Labute approximate surface area is 221 Å². The maximum atomic E-state index is 2.43. The van der Waals surface area contributed by atoms with Crippen molar-refractivity contribution < 1.29 is 0 Å². The summed E-state index contributed by atoms with van der Waals surface area (Å²) in [6.45, 7) is 0. The summed E-state index contributed by atoms with van der Waals surface area (Å²) in [6, 6.07) is 53.3. The monoisotopic (exact) mass is 480 g/mol.